The SMILES string of the molecule is CCCCCCCCCCOC(COC(O)(CC)P=O)CSCCC(CCCCCCC)c1cccc(CC)c1. The van der Waals surface area contributed by atoms with Crippen molar-refractivity contribution in [2.24, 2.45) is 0 Å². The van der Waals surface area contributed by atoms with Crippen LogP contribution in [0.5, 0.6) is 0 Å². The number of unbranched alkanes of at least 4 members (excludes halogenated alkanes) is 11. The standard InChI is InChI=1S/C34H61O4PS/c1-5-9-11-13-14-15-17-19-25-37-33(28-38-34(35,8-4)39-36)29-40-26-24-31(22-18-16-12-10-6-2)32-23-20-21-30(7-3)27-32/h20-21,23,27,31,33,35H,5-19,22,24-26,28-29H2,1-4H3. The molecular formula is C34H61O4PS. The van der Waals surface area contributed by atoms with Crippen LogP contribution in [-0.2, 0) is 20.5 Å². The highest BCUT2D eigenvalue weighted by atomic mass is 32.2. The van der Waals surface area contributed by atoms with Gasteiger partial charge in [-0.3, -0.25) is 4.57 Å². The molecule has 40 heavy (non-hydrogen) atoms. The zero-order chi connectivity index (χ0) is 29.3. The minimum atomic E-state index is -1.61. The van der Waals surface area contributed by atoms with Crippen molar-refractivity contribution in [2.45, 2.75) is 154 Å². The van der Waals surface area contributed by atoms with Crippen molar-refractivity contribution in [2.75, 3.05) is 24.7 Å². The third kappa shape index (κ3) is 18.2. The first kappa shape index (κ1) is 37.6. The predicted molar refractivity (Wildman–Crippen MR) is 175 cm³/mol. The molecule has 0 heterocycles. The van der Waals surface area contributed by atoms with Crippen molar-refractivity contribution in [3.05, 3.63) is 35.4 Å². The zero-order valence-corrected chi connectivity index (χ0v) is 28.1. The van der Waals surface area contributed by atoms with E-state index in [1.165, 1.54) is 94.6 Å². The fourth-order valence-corrected chi connectivity index (χ4v) is 6.36. The minimum absolute atomic E-state index is 0.106. The minimum Gasteiger partial charge on any atom is -0.375 e. The van der Waals surface area contributed by atoms with Gasteiger partial charge < -0.3 is 14.6 Å². The summed E-state index contributed by atoms with van der Waals surface area (Å²) in [6.07, 6.45) is 20.4. The number of hydrogen-bond donors (Lipinski definition) is 1. The Bertz CT molecular complexity index is 734. The van der Waals surface area contributed by atoms with Crippen molar-refractivity contribution in [3.63, 3.8) is 0 Å². The number of hydrogen-bond acceptors (Lipinski definition) is 5. The highest BCUT2D eigenvalue weighted by Crippen LogP contribution is 2.30. The second-order valence-corrected chi connectivity index (χ2v) is 13.4. The van der Waals surface area contributed by atoms with Crippen LogP contribution in [0.3, 0.4) is 0 Å². The normalized spacial score (nSPS) is 14.8. The van der Waals surface area contributed by atoms with Gasteiger partial charge in [0.15, 0.2) is 0 Å². The smallest absolute Gasteiger partial charge is 0.248 e. The molecule has 0 fully saturated rings. The van der Waals surface area contributed by atoms with Crippen LogP contribution in [0.25, 0.3) is 0 Å². The summed E-state index contributed by atoms with van der Waals surface area (Å²) in [6.45, 7) is 9.53. The molecular weight excluding hydrogens is 535 g/mol. The van der Waals surface area contributed by atoms with Crippen LogP contribution in [0.2, 0.25) is 0 Å². The summed E-state index contributed by atoms with van der Waals surface area (Å²) in [5, 5.41) is 10.3. The first-order chi connectivity index (χ1) is 19.5. The Morgan fingerprint density at radius 3 is 2.15 bits per heavy atom. The maximum atomic E-state index is 11.4. The molecule has 0 amide bonds. The molecule has 1 aromatic rings. The highest BCUT2D eigenvalue weighted by Gasteiger charge is 2.28. The van der Waals surface area contributed by atoms with Crippen LogP contribution in [0.4, 0.5) is 0 Å². The van der Waals surface area contributed by atoms with E-state index < -0.39 is 5.53 Å². The fraction of sp³-hybridized carbons (Fsp3) is 0.824. The Morgan fingerprint density at radius 2 is 1.52 bits per heavy atom. The Hall–Kier alpha value is -0.450. The summed E-state index contributed by atoms with van der Waals surface area (Å²) in [4.78, 5) is 0. The molecule has 0 aromatic heterocycles. The molecule has 0 spiro atoms. The molecule has 6 heteroatoms. The Balaban J connectivity index is 2.57. The lowest BCUT2D eigenvalue weighted by Crippen LogP contribution is -2.32. The van der Waals surface area contributed by atoms with Gasteiger partial charge in [-0.05, 0) is 48.5 Å². The maximum absolute atomic E-state index is 11.4. The zero-order valence-electron chi connectivity index (χ0n) is 26.3. The third-order valence-electron chi connectivity index (χ3n) is 7.86. The van der Waals surface area contributed by atoms with E-state index in [1.54, 1.807) is 6.92 Å². The molecule has 4 nitrogen and oxygen atoms in total. The monoisotopic (exact) mass is 596 g/mol. The highest BCUT2D eigenvalue weighted by molar-refractivity contribution is 7.99. The summed E-state index contributed by atoms with van der Waals surface area (Å²) in [6, 6.07) is 9.20. The predicted octanol–water partition coefficient (Wildman–Crippen LogP) is 10.7. The van der Waals surface area contributed by atoms with E-state index in [1.807, 2.05) is 11.8 Å². The molecule has 1 aromatic carbocycles. The number of ether oxygens (including phenoxy) is 2. The van der Waals surface area contributed by atoms with Crippen molar-refractivity contribution in [3.8, 4) is 0 Å². The van der Waals surface area contributed by atoms with E-state index >= 15 is 0 Å². The average Bonchev–Trinajstić information content (AvgIpc) is 2.99. The first-order valence-corrected chi connectivity index (χ1v) is 18.5. The van der Waals surface area contributed by atoms with Gasteiger partial charge in [0.2, 0.25) is 14.0 Å². The van der Waals surface area contributed by atoms with E-state index in [4.69, 9.17) is 9.47 Å². The van der Waals surface area contributed by atoms with Gasteiger partial charge in [-0.15, -0.1) is 0 Å². The lowest BCUT2D eigenvalue weighted by atomic mass is 9.89. The molecule has 232 valence electrons. The summed E-state index contributed by atoms with van der Waals surface area (Å²) >= 11 is 1.92. The van der Waals surface area contributed by atoms with Gasteiger partial charge in [0.25, 0.3) is 0 Å². The van der Waals surface area contributed by atoms with Gasteiger partial charge in [0.05, 0.1) is 12.7 Å². The van der Waals surface area contributed by atoms with Gasteiger partial charge in [-0.25, -0.2) is 0 Å². The molecule has 0 bridgehead atoms. The lowest BCUT2D eigenvalue weighted by molar-refractivity contribution is -0.158. The number of thioether (sulfide) groups is 1. The molecule has 3 unspecified atom stereocenters. The van der Waals surface area contributed by atoms with Crippen molar-refractivity contribution >= 4 is 20.2 Å². The second-order valence-electron chi connectivity index (χ2n) is 11.3. The average molecular weight is 597 g/mol. The molecule has 3 atom stereocenters. The molecule has 0 aliphatic carbocycles. The number of aryl methyl sites for hydroxylation is 1. The maximum Gasteiger partial charge on any atom is 0.248 e. The molecule has 0 radical (unpaired) electrons. The first-order valence-electron chi connectivity index (χ1n) is 16.5. The van der Waals surface area contributed by atoms with E-state index in [2.05, 4.69) is 45.0 Å². The molecule has 0 saturated carbocycles. The Morgan fingerprint density at radius 1 is 0.875 bits per heavy atom. The molecule has 0 aliphatic heterocycles. The summed E-state index contributed by atoms with van der Waals surface area (Å²) in [5.41, 5.74) is 1.30. The summed E-state index contributed by atoms with van der Waals surface area (Å²) in [5.74, 6) is 2.49. The molecule has 1 N–H and O–H groups in total. The van der Waals surface area contributed by atoms with Crippen LogP contribution in [0.1, 0.15) is 147 Å². The third-order valence-corrected chi connectivity index (χ3v) is 9.72. The van der Waals surface area contributed by atoms with Crippen LogP contribution in [0.15, 0.2) is 24.3 Å². The second kappa shape index (κ2) is 25.1. The molecule has 0 saturated heterocycles. The van der Waals surface area contributed by atoms with Gasteiger partial charge in [-0.1, -0.05) is 129 Å². The van der Waals surface area contributed by atoms with Crippen LogP contribution < -0.4 is 0 Å². The van der Waals surface area contributed by atoms with Gasteiger partial charge in [0, 0.05) is 18.8 Å². The fourth-order valence-electron chi connectivity index (χ4n) is 5.03. The van der Waals surface area contributed by atoms with E-state index in [-0.39, 0.29) is 27.6 Å². The van der Waals surface area contributed by atoms with Gasteiger partial charge >= 0.3 is 0 Å². The quantitative estimate of drug-likeness (QED) is 0.0592. The van der Waals surface area contributed by atoms with Crippen LogP contribution in [0, 0.1) is 0 Å². The summed E-state index contributed by atoms with van der Waals surface area (Å²) < 4.78 is 23.3. The van der Waals surface area contributed by atoms with Crippen molar-refractivity contribution in [1.82, 2.24) is 0 Å². The van der Waals surface area contributed by atoms with E-state index in [0.29, 0.717) is 12.5 Å². The van der Waals surface area contributed by atoms with Gasteiger partial charge in [0.1, 0.15) is 0 Å². The molecule has 1 rings (SSSR count). The van der Waals surface area contributed by atoms with E-state index in [9.17, 15) is 9.67 Å². The number of aliphatic hydroxyl groups is 1. The van der Waals surface area contributed by atoms with Crippen LogP contribution in [-0.4, -0.2) is 41.5 Å². The largest absolute Gasteiger partial charge is 0.375 e. The van der Waals surface area contributed by atoms with Gasteiger partial charge in [-0.2, -0.15) is 11.8 Å². The van der Waals surface area contributed by atoms with E-state index in [0.717, 1.165) is 30.8 Å². The topological polar surface area (TPSA) is 55.8 Å². The Labute approximate surface area is 253 Å². The molecule has 0 aliphatic rings. The number of rotatable bonds is 28. The number of benzene rings is 1. The Kier molecular flexibility index (Phi) is 23.6. The summed E-state index contributed by atoms with van der Waals surface area (Å²) in [7, 11) is -0.386. The van der Waals surface area contributed by atoms with Crippen molar-refractivity contribution in [1.29, 1.82) is 0 Å². The lowest BCUT2D eigenvalue weighted by Gasteiger charge is -2.24. The van der Waals surface area contributed by atoms with Crippen molar-refractivity contribution < 1.29 is 19.1 Å². The van der Waals surface area contributed by atoms with Crippen LogP contribution >= 0.6 is 20.2 Å².